The van der Waals surface area contributed by atoms with E-state index >= 15 is 4.39 Å². The second kappa shape index (κ2) is 9.52. The van der Waals surface area contributed by atoms with Crippen LogP contribution in [0.5, 0.6) is 5.75 Å². The van der Waals surface area contributed by atoms with Crippen LogP contribution >= 0.6 is 11.3 Å². The number of nitrogens with zero attached hydrogens (tertiary/aromatic N) is 2. The molecule has 1 aromatic carbocycles. The number of aryl methyl sites for hydroxylation is 1. The SMILES string of the molecule is COc1c(-c2cc3c(s2)C(N(C)C(=O)OC(C)(C)C)CCC3)c(F)cc2c(=O)c(C(C)=O)cn(C3CC3)c12. The molecule has 3 aromatic rings. The van der Waals surface area contributed by atoms with E-state index in [-0.39, 0.29) is 34.6 Å². The first-order valence-corrected chi connectivity index (χ1v) is 13.8. The van der Waals surface area contributed by atoms with Crippen LogP contribution in [0.2, 0.25) is 0 Å². The Bertz CT molecular complexity index is 1510. The lowest BCUT2D eigenvalue weighted by Crippen LogP contribution is -2.37. The molecular weight excluding hydrogens is 507 g/mol. The maximum Gasteiger partial charge on any atom is 0.410 e. The number of thiophene rings is 1. The number of benzene rings is 1. The first-order chi connectivity index (χ1) is 17.9. The summed E-state index contributed by atoms with van der Waals surface area (Å²) in [6.45, 7) is 6.86. The third-order valence-electron chi connectivity index (χ3n) is 7.21. The predicted octanol–water partition coefficient (Wildman–Crippen LogP) is 6.66. The Balaban J connectivity index is 1.66. The van der Waals surface area contributed by atoms with Crippen LogP contribution in [0.25, 0.3) is 21.3 Å². The largest absolute Gasteiger partial charge is 0.494 e. The van der Waals surface area contributed by atoms with E-state index in [1.165, 1.54) is 31.4 Å². The molecule has 2 aliphatic rings. The zero-order valence-corrected chi connectivity index (χ0v) is 23.5. The van der Waals surface area contributed by atoms with Gasteiger partial charge in [-0.25, -0.2) is 9.18 Å². The van der Waals surface area contributed by atoms with E-state index in [0.29, 0.717) is 16.0 Å². The van der Waals surface area contributed by atoms with E-state index in [9.17, 15) is 14.4 Å². The lowest BCUT2D eigenvalue weighted by molar-refractivity contribution is 0.0208. The Hall–Kier alpha value is -3.20. The van der Waals surface area contributed by atoms with Crippen molar-refractivity contribution < 1.29 is 23.5 Å². The molecule has 1 unspecified atom stereocenters. The van der Waals surface area contributed by atoms with Crippen molar-refractivity contribution >= 4 is 34.1 Å². The number of fused-ring (bicyclic) bond motifs is 2. The van der Waals surface area contributed by atoms with Gasteiger partial charge in [-0.1, -0.05) is 0 Å². The van der Waals surface area contributed by atoms with Crippen LogP contribution in [0.15, 0.2) is 23.1 Å². The summed E-state index contributed by atoms with van der Waals surface area (Å²) in [6.07, 6.45) is 5.54. The van der Waals surface area contributed by atoms with Crippen molar-refractivity contribution in [1.82, 2.24) is 9.47 Å². The summed E-state index contributed by atoms with van der Waals surface area (Å²) in [4.78, 5) is 41.5. The summed E-state index contributed by atoms with van der Waals surface area (Å²) in [6, 6.07) is 3.17. The third-order valence-corrected chi connectivity index (χ3v) is 8.51. The quantitative estimate of drug-likeness (QED) is 0.338. The van der Waals surface area contributed by atoms with Crippen molar-refractivity contribution in [3.8, 4) is 16.2 Å². The first kappa shape index (κ1) is 26.4. The zero-order valence-electron chi connectivity index (χ0n) is 22.6. The number of ether oxygens (including phenoxy) is 2. The number of hydrogen-bond donors (Lipinski definition) is 0. The molecule has 0 spiro atoms. The highest BCUT2D eigenvalue weighted by atomic mass is 32.1. The fourth-order valence-corrected chi connectivity index (χ4v) is 6.70. The summed E-state index contributed by atoms with van der Waals surface area (Å²) in [7, 11) is 3.22. The van der Waals surface area contributed by atoms with E-state index in [0.717, 1.165) is 42.5 Å². The molecule has 0 aliphatic heterocycles. The second-order valence-electron chi connectivity index (χ2n) is 11.2. The number of amides is 1. The van der Waals surface area contributed by atoms with Crippen molar-refractivity contribution in [3.05, 3.63) is 50.4 Å². The average Bonchev–Trinajstić information content (AvgIpc) is 3.59. The Morgan fingerprint density at radius 1 is 1.18 bits per heavy atom. The van der Waals surface area contributed by atoms with Gasteiger partial charge in [0.15, 0.2) is 17.0 Å². The molecule has 1 atom stereocenters. The number of pyridine rings is 1. The second-order valence-corrected chi connectivity index (χ2v) is 12.3. The Kier molecular flexibility index (Phi) is 6.62. The smallest absolute Gasteiger partial charge is 0.410 e. The Morgan fingerprint density at radius 2 is 1.89 bits per heavy atom. The van der Waals surface area contributed by atoms with Crippen LogP contribution in [-0.4, -0.2) is 41.1 Å². The van der Waals surface area contributed by atoms with Gasteiger partial charge < -0.3 is 18.9 Å². The van der Waals surface area contributed by atoms with Crippen LogP contribution < -0.4 is 10.2 Å². The molecule has 38 heavy (non-hydrogen) atoms. The molecule has 0 saturated heterocycles. The first-order valence-electron chi connectivity index (χ1n) is 13.0. The molecule has 2 aromatic heterocycles. The minimum absolute atomic E-state index is 0.0539. The van der Waals surface area contributed by atoms with Gasteiger partial charge in [0, 0.05) is 29.0 Å². The predicted molar refractivity (Wildman–Crippen MR) is 146 cm³/mol. The molecule has 0 N–H and O–H groups in total. The number of hydrogen-bond acceptors (Lipinski definition) is 6. The highest BCUT2D eigenvalue weighted by Crippen LogP contribution is 2.48. The summed E-state index contributed by atoms with van der Waals surface area (Å²) < 4.78 is 29.2. The van der Waals surface area contributed by atoms with Crippen molar-refractivity contribution in [2.24, 2.45) is 0 Å². The van der Waals surface area contributed by atoms with E-state index in [1.807, 2.05) is 31.4 Å². The highest BCUT2D eigenvalue weighted by Gasteiger charge is 2.34. The van der Waals surface area contributed by atoms with Crippen LogP contribution in [0.1, 0.15) is 86.3 Å². The molecule has 0 bridgehead atoms. The molecule has 7 nitrogen and oxygen atoms in total. The van der Waals surface area contributed by atoms with Gasteiger partial charge in [0.1, 0.15) is 11.4 Å². The minimum Gasteiger partial charge on any atom is -0.494 e. The van der Waals surface area contributed by atoms with Gasteiger partial charge in [0.25, 0.3) is 0 Å². The molecule has 1 amide bonds. The topological polar surface area (TPSA) is 77.8 Å². The van der Waals surface area contributed by atoms with Crippen molar-refractivity contribution in [1.29, 1.82) is 0 Å². The number of aromatic nitrogens is 1. The summed E-state index contributed by atoms with van der Waals surface area (Å²) >= 11 is 1.44. The zero-order chi connectivity index (χ0) is 27.5. The standard InChI is InChI=1S/C29H33FN2O5S/c1-15(33)19-14-32(17-10-11-17)24-18(25(19)34)13-20(30)23(26(24)36-6)22-12-16-8-7-9-21(27(16)38-22)31(5)28(35)37-29(2,3)4/h12-14,17,21H,7-11H2,1-6H3. The monoisotopic (exact) mass is 540 g/mol. The normalized spacial score (nSPS) is 17.3. The molecule has 0 radical (unpaired) electrons. The Labute approximate surface area is 225 Å². The van der Waals surface area contributed by atoms with E-state index in [2.05, 4.69) is 0 Å². The van der Waals surface area contributed by atoms with Gasteiger partial charge in [-0.15, -0.1) is 11.3 Å². The number of carbonyl (C=O) groups excluding carboxylic acids is 2. The molecule has 202 valence electrons. The van der Waals surface area contributed by atoms with Gasteiger partial charge >= 0.3 is 6.09 Å². The van der Waals surface area contributed by atoms with Crippen molar-refractivity contribution in [3.63, 3.8) is 0 Å². The van der Waals surface area contributed by atoms with E-state index in [1.54, 1.807) is 18.1 Å². The summed E-state index contributed by atoms with van der Waals surface area (Å²) in [5, 5.41) is 0.145. The minimum atomic E-state index is -0.607. The average molecular weight is 541 g/mol. The van der Waals surface area contributed by atoms with Crippen LogP contribution in [-0.2, 0) is 11.2 Å². The number of Topliss-reactive ketones (excluding diaryl/α,β-unsaturated/α-hetero) is 1. The molecule has 5 rings (SSSR count). The molecule has 2 aliphatic carbocycles. The van der Waals surface area contributed by atoms with Crippen LogP contribution in [0.4, 0.5) is 9.18 Å². The van der Waals surface area contributed by atoms with Gasteiger partial charge in [0.05, 0.1) is 35.2 Å². The van der Waals surface area contributed by atoms with Gasteiger partial charge in [0.2, 0.25) is 0 Å². The number of halogens is 1. The molecule has 1 saturated carbocycles. The number of ketones is 1. The molecular formula is C29H33FN2O5S. The number of carbonyl (C=O) groups is 2. The highest BCUT2D eigenvalue weighted by molar-refractivity contribution is 7.15. The molecule has 1 fully saturated rings. The van der Waals surface area contributed by atoms with E-state index in [4.69, 9.17) is 9.47 Å². The maximum absolute atomic E-state index is 15.9. The van der Waals surface area contributed by atoms with Crippen LogP contribution in [0.3, 0.4) is 0 Å². The van der Waals surface area contributed by atoms with Gasteiger partial charge in [-0.2, -0.15) is 0 Å². The molecule has 2 heterocycles. The lowest BCUT2D eigenvalue weighted by Gasteiger charge is -2.32. The number of methoxy groups -OCH3 is 1. The molecule has 9 heteroatoms. The van der Waals surface area contributed by atoms with Crippen molar-refractivity contribution in [2.45, 2.75) is 77.5 Å². The van der Waals surface area contributed by atoms with Gasteiger partial charge in [-0.05, 0) is 77.5 Å². The lowest BCUT2D eigenvalue weighted by atomic mass is 9.93. The fraction of sp³-hybridized carbons (Fsp3) is 0.483. The van der Waals surface area contributed by atoms with Crippen LogP contribution in [0, 0.1) is 5.82 Å². The van der Waals surface area contributed by atoms with Crippen molar-refractivity contribution in [2.75, 3.05) is 14.2 Å². The summed E-state index contributed by atoms with van der Waals surface area (Å²) in [5.74, 6) is -0.638. The Morgan fingerprint density at radius 3 is 2.50 bits per heavy atom. The third kappa shape index (κ3) is 4.61. The van der Waals surface area contributed by atoms with E-state index < -0.39 is 22.9 Å². The number of rotatable bonds is 5. The maximum atomic E-state index is 15.9. The summed E-state index contributed by atoms with van der Waals surface area (Å²) in [5.41, 5.74) is 0.836. The van der Waals surface area contributed by atoms with Gasteiger partial charge in [-0.3, -0.25) is 9.59 Å². The fourth-order valence-electron chi connectivity index (χ4n) is 5.26.